The third-order valence-corrected chi connectivity index (χ3v) is 6.81. The molecule has 0 aromatic heterocycles. The zero-order valence-electron chi connectivity index (χ0n) is 24.6. The Bertz CT molecular complexity index is 1300. The highest BCUT2D eigenvalue weighted by Gasteiger charge is 2.42. The molecule has 2 aromatic carbocycles. The van der Waals surface area contributed by atoms with Gasteiger partial charge in [0.25, 0.3) is 5.91 Å². The first-order valence-corrected chi connectivity index (χ1v) is 14.1. The van der Waals surface area contributed by atoms with Gasteiger partial charge in [0.1, 0.15) is 18.7 Å². The average Bonchev–Trinajstić information content (AvgIpc) is 3.50. The SMILES string of the molecule is CC(C)(C)N(C(=O)C(=O)[C@H](Cc1ccccc1)NC(=O)[C@H](CC(N)=O)NC(=O)OCc1ccccc1)C(=O)[C@@H]1CCCN1. The maximum atomic E-state index is 13.7. The van der Waals surface area contributed by atoms with Crippen LogP contribution in [0, 0.1) is 0 Å². The maximum Gasteiger partial charge on any atom is 0.408 e. The fourth-order valence-corrected chi connectivity index (χ4v) is 4.69. The number of hydrogen-bond donors (Lipinski definition) is 4. The molecule has 12 heteroatoms. The number of benzene rings is 2. The third-order valence-electron chi connectivity index (χ3n) is 6.81. The van der Waals surface area contributed by atoms with Crippen LogP contribution in [0.3, 0.4) is 0 Å². The monoisotopic (exact) mass is 593 g/mol. The number of primary amides is 1. The first-order valence-electron chi connectivity index (χ1n) is 14.1. The van der Waals surface area contributed by atoms with Gasteiger partial charge in [0.15, 0.2) is 0 Å². The van der Waals surface area contributed by atoms with Crippen LogP contribution in [0.1, 0.15) is 51.2 Å². The Labute approximate surface area is 250 Å². The number of Topliss-reactive ketones (excluding diaryl/α,β-unsaturated/α-hetero) is 1. The van der Waals surface area contributed by atoms with E-state index in [1.807, 2.05) is 0 Å². The van der Waals surface area contributed by atoms with E-state index < -0.39 is 65.6 Å². The van der Waals surface area contributed by atoms with Gasteiger partial charge in [0.05, 0.1) is 12.5 Å². The molecular formula is C31H39N5O7. The molecule has 2 aromatic rings. The Morgan fingerprint density at radius 3 is 2.07 bits per heavy atom. The van der Waals surface area contributed by atoms with Gasteiger partial charge >= 0.3 is 6.09 Å². The highest BCUT2D eigenvalue weighted by atomic mass is 16.5. The lowest BCUT2D eigenvalue weighted by atomic mass is 9.97. The van der Waals surface area contributed by atoms with Crippen molar-refractivity contribution >= 4 is 35.5 Å². The number of nitrogens with two attached hydrogens (primary N) is 1. The Kier molecular flexibility index (Phi) is 11.5. The number of carbonyl (C=O) groups excluding carboxylic acids is 6. The molecule has 0 saturated carbocycles. The number of hydrogen-bond acceptors (Lipinski definition) is 8. The van der Waals surface area contributed by atoms with Gasteiger partial charge in [-0.15, -0.1) is 0 Å². The lowest BCUT2D eigenvalue weighted by Crippen LogP contribution is -2.60. The third kappa shape index (κ3) is 9.74. The molecule has 12 nitrogen and oxygen atoms in total. The largest absolute Gasteiger partial charge is 0.445 e. The molecule has 0 bridgehead atoms. The summed E-state index contributed by atoms with van der Waals surface area (Å²) < 4.78 is 5.17. The summed E-state index contributed by atoms with van der Waals surface area (Å²) in [4.78, 5) is 79.3. The van der Waals surface area contributed by atoms with E-state index in [9.17, 15) is 28.8 Å². The minimum atomic E-state index is -1.50. The summed E-state index contributed by atoms with van der Waals surface area (Å²) in [6.45, 7) is 5.45. The van der Waals surface area contributed by atoms with E-state index in [0.717, 1.165) is 11.3 Å². The van der Waals surface area contributed by atoms with Crippen molar-refractivity contribution in [1.29, 1.82) is 0 Å². The fraction of sp³-hybridized carbons (Fsp3) is 0.419. The molecule has 3 rings (SSSR count). The zero-order valence-corrected chi connectivity index (χ0v) is 24.6. The van der Waals surface area contributed by atoms with Crippen molar-refractivity contribution in [2.24, 2.45) is 5.73 Å². The number of nitrogens with one attached hydrogen (secondary N) is 3. The van der Waals surface area contributed by atoms with Crippen LogP contribution in [0.25, 0.3) is 0 Å². The topological polar surface area (TPSA) is 177 Å². The van der Waals surface area contributed by atoms with Gasteiger partial charge in [0.2, 0.25) is 23.5 Å². The van der Waals surface area contributed by atoms with Crippen molar-refractivity contribution in [2.45, 2.75) is 76.7 Å². The summed E-state index contributed by atoms with van der Waals surface area (Å²) in [6.07, 6.45) is -0.386. The number of imide groups is 1. The summed E-state index contributed by atoms with van der Waals surface area (Å²) in [6, 6.07) is 14.0. The highest BCUT2D eigenvalue weighted by Crippen LogP contribution is 2.20. The molecule has 3 atom stereocenters. The predicted octanol–water partition coefficient (Wildman–Crippen LogP) is 1.36. The zero-order chi connectivity index (χ0) is 31.6. The van der Waals surface area contributed by atoms with Gasteiger partial charge in [-0.3, -0.25) is 28.9 Å². The van der Waals surface area contributed by atoms with Crippen LogP contribution in [-0.4, -0.2) is 70.6 Å². The van der Waals surface area contributed by atoms with Crippen molar-refractivity contribution in [3.05, 3.63) is 71.8 Å². The van der Waals surface area contributed by atoms with E-state index in [1.165, 1.54) is 0 Å². The molecule has 43 heavy (non-hydrogen) atoms. The van der Waals surface area contributed by atoms with Crippen molar-refractivity contribution in [3.63, 3.8) is 0 Å². The van der Waals surface area contributed by atoms with Gasteiger partial charge in [0, 0.05) is 12.0 Å². The second kappa shape index (κ2) is 15.1. The van der Waals surface area contributed by atoms with Crippen molar-refractivity contribution in [2.75, 3.05) is 6.54 Å². The molecule has 5 amide bonds. The molecule has 1 aliphatic heterocycles. The summed E-state index contributed by atoms with van der Waals surface area (Å²) in [5.41, 5.74) is 5.63. The van der Waals surface area contributed by atoms with E-state index in [2.05, 4.69) is 16.0 Å². The van der Waals surface area contributed by atoms with Crippen LogP contribution in [0.2, 0.25) is 0 Å². The van der Waals surface area contributed by atoms with E-state index >= 15 is 0 Å². The number of carbonyl (C=O) groups is 6. The molecule has 1 aliphatic rings. The fourth-order valence-electron chi connectivity index (χ4n) is 4.69. The lowest BCUT2D eigenvalue weighted by molar-refractivity contribution is -0.158. The standard InChI is InChI=1S/C31H39N5O7/c1-31(2,3)36(28(40)22-15-10-16-33-22)29(41)26(38)23(17-20-11-6-4-7-12-20)34-27(39)24(18-25(32)37)35-30(42)43-19-21-13-8-5-9-14-21/h4-9,11-14,22-24,33H,10,15-19H2,1-3H3,(H2,32,37)(H,34,39)(H,35,42)/t22-,23-,24-/m0/s1. The van der Waals surface area contributed by atoms with Gasteiger partial charge in [-0.2, -0.15) is 0 Å². The second-order valence-electron chi connectivity index (χ2n) is 11.3. The van der Waals surface area contributed by atoms with Gasteiger partial charge in [-0.25, -0.2) is 4.79 Å². The van der Waals surface area contributed by atoms with Gasteiger partial charge in [-0.05, 0) is 51.3 Å². The number of alkyl carbamates (subject to hydrolysis) is 1. The Hall–Kier alpha value is -4.58. The molecule has 0 radical (unpaired) electrons. The minimum absolute atomic E-state index is 0.0896. The molecular weight excluding hydrogens is 554 g/mol. The molecule has 0 aliphatic carbocycles. The minimum Gasteiger partial charge on any atom is -0.445 e. The second-order valence-corrected chi connectivity index (χ2v) is 11.3. The Morgan fingerprint density at radius 2 is 1.53 bits per heavy atom. The van der Waals surface area contributed by atoms with Crippen LogP contribution >= 0.6 is 0 Å². The Balaban J connectivity index is 1.82. The van der Waals surface area contributed by atoms with Gasteiger partial charge in [-0.1, -0.05) is 60.7 Å². The number of ether oxygens (including phenoxy) is 1. The molecule has 5 N–H and O–H groups in total. The lowest BCUT2D eigenvalue weighted by Gasteiger charge is -2.36. The molecule has 1 saturated heterocycles. The van der Waals surface area contributed by atoms with Crippen molar-refractivity contribution in [3.8, 4) is 0 Å². The van der Waals surface area contributed by atoms with Crippen LogP contribution < -0.4 is 21.7 Å². The maximum absolute atomic E-state index is 13.7. The van der Waals surface area contributed by atoms with E-state index in [0.29, 0.717) is 24.1 Å². The smallest absolute Gasteiger partial charge is 0.408 e. The first kappa shape index (κ1) is 32.9. The average molecular weight is 594 g/mol. The normalized spacial score (nSPS) is 15.9. The van der Waals surface area contributed by atoms with Crippen LogP contribution in [0.15, 0.2) is 60.7 Å². The number of ketones is 1. The van der Waals surface area contributed by atoms with E-state index in [1.54, 1.807) is 81.4 Å². The predicted molar refractivity (Wildman–Crippen MR) is 157 cm³/mol. The highest BCUT2D eigenvalue weighted by molar-refractivity contribution is 6.41. The van der Waals surface area contributed by atoms with Crippen LogP contribution in [-0.2, 0) is 41.7 Å². The first-order chi connectivity index (χ1) is 20.4. The quantitative estimate of drug-likeness (QED) is 0.267. The van der Waals surface area contributed by atoms with E-state index in [4.69, 9.17) is 10.5 Å². The summed E-state index contributed by atoms with van der Waals surface area (Å²) in [5.74, 6) is -4.44. The van der Waals surface area contributed by atoms with Gasteiger partial charge < -0.3 is 26.4 Å². The van der Waals surface area contributed by atoms with Crippen molar-refractivity contribution in [1.82, 2.24) is 20.9 Å². The molecule has 230 valence electrons. The molecule has 1 heterocycles. The van der Waals surface area contributed by atoms with Crippen LogP contribution in [0.5, 0.6) is 0 Å². The van der Waals surface area contributed by atoms with E-state index in [-0.39, 0.29) is 13.0 Å². The number of nitrogens with zero attached hydrogens (tertiary/aromatic N) is 1. The summed E-state index contributed by atoms with van der Waals surface area (Å²) in [7, 11) is 0. The summed E-state index contributed by atoms with van der Waals surface area (Å²) >= 11 is 0. The molecule has 0 unspecified atom stereocenters. The molecule has 0 spiro atoms. The number of amides is 5. The number of rotatable bonds is 12. The van der Waals surface area contributed by atoms with Crippen LogP contribution in [0.4, 0.5) is 4.79 Å². The van der Waals surface area contributed by atoms with Crippen molar-refractivity contribution < 1.29 is 33.5 Å². The molecule has 1 fully saturated rings. The Morgan fingerprint density at radius 1 is 0.930 bits per heavy atom. The summed E-state index contributed by atoms with van der Waals surface area (Å²) in [5, 5.41) is 7.88.